The van der Waals surface area contributed by atoms with Crippen LogP contribution in [0.2, 0.25) is 5.02 Å². The summed E-state index contributed by atoms with van der Waals surface area (Å²) in [6.07, 6.45) is 2.97. The zero-order chi connectivity index (χ0) is 21.0. The lowest BCUT2D eigenvalue weighted by molar-refractivity contribution is 0.101. The van der Waals surface area contributed by atoms with Crippen LogP contribution in [0.25, 0.3) is 0 Å². The van der Waals surface area contributed by atoms with E-state index in [0.29, 0.717) is 27.8 Å². The molecular formula is C20H17ClN2O5S. The zero-order valence-electron chi connectivity index (χ0n) is 15.5. The van der Waals surface area contributed by atoms with Gasteiger partial charge in [-0.25, -0.2) is 8.42 Å². The zero-order valence-corrected chi connectivity index (χ0v) is 17.1. The number of benzene rings is 2. The van der Waals surface area contributed by atoms with E-state index in [2.05, 4.69) is 9.71 Å². The first-order valence-electron chi connectivity index (χ1n) is 8.39. The van der Waals surface area contributed by atoms with E-state index in [-0.39, 0.29) is 16.4 Å². The van der Waals surface area contributed by atoms with Gasteiger partial charge in [-0.2, -0.15) is 0 Å². The van der Waals surface area contributed by atoms with Gasteiger partial charge in [0.1, 0.15) is 5.75 Å². The van der Waals surface area contributed by atoms with Crippen LogP contribution in [-0.2, 0) is 10.0 Å². The minimum Gasteiger partial charge on any atom is -0.493 e. The van der Waals surface area contributed by atoms with Crippen molar-refractivity contribution in [1.29, 1.82) is 0 Å². The summed E-state index contributed by atoms with van der Waals surface area (Å²) in [7, 11) is -2.40. The van der Waals surface area contributed by atoms with Gasteiger partial charge >= 0.3 is 0 Å². The number of ketones is 1. The van der Waals surface area contributed by atoms with Gasteiger partial charge in [-0.3, -0.25) is 14.5 Å². The second kappa shape index (κ2) is 8.50. The fourth-order valence-electron chi connectivity index (χ4n) is 2.47. The largest absolute Gasteiger partial charge is 0.493 e. The van der Waals surface area contributed by atoms with Crippen molar-refractivity contribution in [2.24, 2.45) is 0 Å². The van der Waals surface area contributed by atoms with Crippen molar-refractivity contribution in [3.8, 4) is 17.2 Å². The average Bonchev–Trinajstić information content (AvgIpc) is 2.69. The predicted molar refractivity (Wildman–Crippen MR) is 110 cm³/mol. The van der Waals surface area contributed by atoms with E-state index in [1.807, 2.05) is 0 Å². The van der Waals surface area contributed by atoms with Crippen molar-refractivity contribution in [3.63, 3.8) is 0 Å². The monoisotopic (exact) mass is 432 g/mol. The van der Waals surface area contributed by atoms with E-state index in [0.717, 1.165) is 0 Å². The van der Waals surface area contributed by atoms with Gasteiger partial charge in [0, 0.05) is 23.9 Å². The number of pyridine rings is 1. The third kappa shape index (κ3) is 5.04. The molecule has 0 aliphatic heterocycles. The number of hydrogen-bond donors (Lipinski definition) is 1. The number of nitrogens with zero attached hydrogens (tertiary/aromatic N) is 1. The van der Waals surface area contributed by atoms with Crippen LogP contribution in [0.3, 0.4) is 0 Å². The summed E-state index contributed by atoms with van der Waals surface area (Å²) >= 11 is 5.90. The van der Waals surface area contributed by atoms with Crippen molar-refractivity contribution in [3.05, 3.63) is 71.5 Å². The first-order valence-corrected chi connectivity index (χ1v) is 10.2. The number of Topliss-reactive ketones (excluding diaryl/α,β-unsaturated/α-hetero) is 1. The maximum Gasteiger partial charge on any atom is 0.261 e. The number of sulfonamides is 1. The number of hydrogen-bond acceptors (Lipinski definition) is 6. The Balaban J connectivity index is 1.83. The molecule has 9 heteroatoms. The highest BCUT2D eigenvalue weighted by Gasteiger charge is 2.16. The number of carbonyl (C=O) groups is 1. The number of rotatable bonds is 7. The minimum absolute atomic E-state index is 0.0341. The Morgan fingerprint density at radius 3 is 2.38 bits per heavy atom. The minimum atomic E-state index is -3.84. The van der Waals surface area contributed by atoms with E-state index in [1.165, 1.54) is 62.8 Å². The van der Waals surface area contributed by atoms with E-state index >= 15 is 0 Å². The maximum atomic E-state index is 12.6. The molecule has 0 aliphatic rings. The maximum absolute atomic E-state index is 12.6. The fraction of sp³-hybridized carbons (Fsp3) is 0.100. The number of carbonyl (C=O) groups excluding carboxylic acids is 1. The molecule has 150 valence electrons. The molecule has 0 amide bonds. The molecule has 7 nitrogen and oxygen atoms in total. The molecule has 0 fully saturated rings. The lowest BCUT2D eigenvalue weighted by atomic mass is 10.2. The Morgan fingerprint density at radius 1 is 1.03 bits per heavy atom. The van der Waals surface area contributed by atoms with Gasteiger partial charge in [0.25, 0.3) is 10.0 Å². The van der Waals surface area contributed by atoms with Crippen LogP contribution in [0, 0.1) is 0 Å². The summed E-state index contributed by atoms with van der Waals surface area (Å²) < 4.78 is 38.7. The Labute approximate surface area is 173 Å². The number of anilines is 1. The Kier molecular flexibility index (Phi) is 6.05. The normalized spacial score (nSPS) is 11.0. The van der Waals surface area contributed by atoms with Crippen LogP contribution in [-0.4, -0.2) is 26.3 Å². The van der Waals surface area contributed by atoms with Gasteiger partial charge in [0.15, 0.2) is 17.3 Å². The predicted octanol–water partition coefficient (Wildman–Crippen LogP) is 4.54. The smallest absolute Gasteiger partial charge is 0.261 e. The van der Waals surface area contributed by atoms with E-state index in [1.54, 1.807) is 12.1 Å². The number of nitrogens with one attached hydrogen (secondary N) is 1. The highest BCUT2D eigenvalue weighted by molar-refractivity contribution is 7.92. The summed E-state index contributed by atoms with van der Waals surface area (Å²) in [6.45, 7) is 1.41. The second-order valence-electron chi connectivity index (χ2n) is 5.99. The lowest BCUT2D eigenvalue weighted by Gasteiger charge is -2.13. The standard InChI is InChI=1S/C20H17ClN2O5S/c1-13(24)14-3-6-18(7-4-14)29(25,26)23-16-5-8-19(20(10-16)27-2)28-17-9-15(21)11-22-12-17/h3-12,23H,1-2H3. The highest BCUT2D eigenvalue weighted by Crippen LogP contribution is 2.34. The Bertz CT molecular complexity index is 1150. The molecule has 29 heavy (non-hydrogen) atoms. The lowest BCUT2D eigenvalue weighted by Crippen LogP contribution is -2.13. The molecule has 3 aromatic rings. The third-order valence-corrected chi connectivity index (χ3v) is 5.50. The van der Waals surface area contributed by atoms with Crippen molar-refractivity contribution in [1.82, 2.24) is 4.98 Å². The van der Waals surface area contributed by atoms with E-state index < -0.39 is 10.0 Å². The molecule has 0 radical (unpaired) electrons. The molecule has 0 saturated heterocycles. The second-order valence-corrected chi connectivity index (χ2v) is 8.11. The molecule has 0 saturated carbocycles. The average molecular weight is 433 g/mol. The third-order valence-electron chi connectivity index (χ3n) is 3.89. The van der Waals surface area contributed by atoms with E-state index in [9.17, 15) is 13.2 Å². The van der Waals surface area contributed by atoms with Gasteiger partial charge in [-0.1, -0.05) is 23.7 Å². The van der Waals surface area contributed by atoms with Crippen LogP contribution in [0.4, 0.5) is 5.69 Å². The van der Waals surface area contributed by atoms with Crippen molar-refractivity contribution >= 4 is 33.1 Å². The topological polar surface area (TPSA) is 94.6 Å². The Hall–Kier alpha value is -3.10. The fourth-order valence-corrected chi connectivity index (χ4v) is 3.69. The summed E-state index contributed by atoms with van der Waals surface area (Å²) in [5.74, 6) is 0.953. The summed E-state index contributed by atoms with van der Waals surface area (Å²) in [5, 5.41) is 0.418. The molecule has 0 atom stereocenters. The van der Waals surface area contributed by atoms with Gasteiger partial charge in [0.2, 0.25) is 0 Å². The van der Waals surface area contributed by atoms with Crippen molar-refractivity contribution < 1.29 is 22.7 Å². The number of halogens is 1. The number of aromatic nitrogens is 1. The van der Waals surface area contributed by atoms with Gasteiger partial charge < -0.3 is 9.47 Å². The summed E-state index contributed by atoms with van der Waals surface area (Å²) in [6, 6.07) is 11.9. The van der Waals surface area contributed by atoms with Gasteiger partial charge in [-0.05, 0) is 31.2 Å². The summed E-state index contributed by atoms with van der Waals surface area (Å²) in [5.41, 5.74) is 0.719. The van der Waals surface area contributed by atoms with Crippen molar-refractivity contribution in [2.75, 3.05) is 11.8 Å². The number of methoxy groups -OCH3 is 1. The molecule has 3 rings (SSSR count). The quantitative estimate of drug-likeness (QED) is 0.551. The first kappa shape index (κ1) is 20.6. The first-order chi connectivity index (χ1) is 13.8. The highest BCUT2D eigenvalue weighted by atomic mass is 35.5. The molecule has 2 aromatic carbocycles. The molecule has 0 bridgehead atoms. The van der Waals surface area contributed by atoms with Crippen LogP contribution >= 0.6 is 11.6 Å². The molecule has 0 aliphatic carbocycles. The molecule has 1 aromatic heterocycles. The van der Waals surface area contributed by atoms with Gasteiger partial charge in [0.05, 0.1) is 28.9 Å². The molecule has 1 N–H and O–H groups in total. The van der Waals surface area contributed by atoms with Crippen LogP contribution in [0.5, 0.6) is 17.2 Å². The SMILES string of the molecule is COc1cc(NS(=O)(=O)c2ccc(C(C)=O)cc2)ccc1Oc1cncc(Cl)c1. The molecule has 1 heterocycles. The summed E-state index contributed by atoms with van der Waals surface area (Å²) in [4.78, 5) is 15.3. The number of ether oxygens (including phenoxy) is 2. The van der Waals surface area contributed by atoms with Crippen LogP contribution in [0.1, 0.15) is 17.3 Å². The molecular weight excluding hydrogens is 416 g/mol. The molecule has 0 spiro atoms. The Morgan fingerprint density at radius 2 is 1.76 bits per heavy atom. The van der Waals surface area contributed by atoms with E-state index in [4.69, 9.17) is 21.1 Å². The van der Waals surface area contributed by atoms with Crippen molar-refractivity contribution in [2.45, 2.75) is 11.8 Å². The van der Waals surface area contributed by atoms with Gasteiger partial charge in [-0.15, -0.1) is 0 Å². The molecule has 0 unspecified atom stereocenters. The van der Waals surface area contributed by atoms with Crippen LogP contribution < -0.4 is 14.2 Å². The van der Waals surface area contributed by atoms with Crippen LogP contribution in [0.15, 0.2) is 65.8 Å².